The van der Waals surface area contributed by atoms with Crippen LogP contribution in [0.4, 0.5) is 0 Å². The van der Waals surface area contributed by atoms with Crippen LogP contribution in [-0.2, 0) is 16.0 Å². The molecule has 2 aliphatic heterocycles. The standard InChI is InChI=1S/C16H23NO2/c1-13-4-2-3-5-15(13)12-17-8-6-14(7-9-17)16-18-10-11-19-16/h2-5,14,16H,6-12H2,1H3. The second-order valence-corrected chi connectivity index (χ2v) is 5.65. The van der Waals surface area contributed by atoms with E-state index in [9.17, 15) is 0 Å². The first kappa shape index (κ1) is 13.1. The van der Waals surface area contributed by atoms with E-state index in [1.807, 2.05) is 0 Å². The normalized spacial score (nSPS) is 23.0. The van der Waals surface area contributed by atoms with Gasteiger partial charge in [-0.3, -0.25) is 4.90 Å². The van der Waals surface area contributed by atoms with E-state index in [1.165, 1.54) is 24.0 Å². The Morgan fingerprint density at radius 2 is 1.79 bits per heavy atom. The van der Waals surface area contributed by atoms with Crippen molar-refractivity contribution in [1.82, 2.24) is 4.90 Å². The zero-order valence-corrected chi connectivity index (χ0v) is 11.7. The van der Waals surface area contributed by atoms with Crippen molar-refractivity contribution in [2.75, 3.05) is 26.3 Å². The molecule has 3 heteroatoms. The average Bonchev–Trinajstić information content (AvgIpc) is 2.96. The molecule has 2 aliphatic rings. The third kappa shape index (κ3) is 3.16. The van der Waals surface area contributed by atoms with Crippen molar-refractivity contribution in [2.24, 2.45) is 5.92 Å². The molecule has 0 N–H and O–H groups in total. The average molecular weight is 261 g/mol. The third-order valence-corrected chi connectivity index (χ3v) is 4.32. The molecule has 0 saturated carbocycles. The first-order valence-electron chi connectivity index (χ1n) is 7.33. The SMILES string of the molecule is Cc1ccccc1CN1CCC(C2OCCO2)CC1. The van der Waals surface area contributed by atoms with Gasteiger partial charge in [0.25, 0.3) is 0 Å². The lowest BCUT2D eigenvalue weighted by atomic mass is 9.95. The maximum atomic E-state index is 5.62. The molecule has 19 heavy (non-hydrogen) atoms. The quantitative estimate of drug-likeness (QED) is 0.834. The summed E-state index contributed by atoms with van der Waals surface area (Å²) in [5, 5.41) is 0. The number of aryl methyl sites for hydroxylation is 1. The summed E-state index contributed by atoms with van der Waals surface area (Å²) < 4.78 is 11.2. The number of hydrogen-bond acceptors (Lipinski definition) is 3. The maximum absolute atomic E-state index is 5.62. The van der Waals surface area contributed by atoms with Gasteiger partial charge in [0.15, 0.2) is 6.29 Å². The molecule has 2 heterocycles. The number of benzene rings is 1. The molecule has 0 atom stereocenters. The number of ether oxygens (including phenoxy) is 2. The van der Waals surface area contributed by atoms with Crippen molar-refractivity contribution in [3.8, 4) is 0 Å². The number of piperidine rings is 1. The highest BCUT2D eigenvalue weighted by atomic mass is 16.7. The minimum Gasteiger partial charge on any atom is -0.350 e. The van der Waals surface area contributed by atoms with E-state index >= 15 is 0 Å². The number of rotatable bonds is 3. The van der Waals surface area contributed by atoms with E-state index in [0.29, 0.717) is 5.92 Å². The second-order valence-electron chi connectivity index (χ2n) is 5.65. The largest absolute Gasteiger partial charge is 0.350 e. The Kier molecular flexibility index (Phi) is 4.16. The molecular weight excluding hydrogens is 238 g/mol. The van der Waals surface area contributed by atoms with Gasteiger partial charge < -0.3 is 9.47 Å². The maximum Gasteiger partial charge on any atom is 0.160 e. The summed E-state index contributed by atoms with van der Waals surface area (Å²) in [5.41, 5.74) is 2.85. The fourth-order valence-corrected chi connectivity index (χ4v) is 3.06. The van der Waals surface area contributed by atoms with Crippen LogP contribution in [0.5, 0.6) is 0 Å². The van der Waals surface area contributed by atoms with Crippen molar-refractivity contribution in [3.05, 3.63) is 35.4 Å². The first-order chi connectivity index (χ1) is 9.33. The predicted molar refractivity (Wildman–Crippen MR) is 74.9 cm³/mol. The number of likely N-dealkylation sites (tertiary alicyclic amines) is 1. The van der Waals surface area contributed by atoms with Gasteiger partial charge in [-0.25, -0.2) is 0 Å². The zero-order chi connectivity index (χ0) is 13.1. The topological polar surface area (TPSA) is 21.7 Å². The lowest BCUT2D eigenvalue weighted by molar-refractivity contribution is -0.0977. The van der Waals surface area contributed by atoms with Gasteiger partial charge in [0.05, 0.1) is 13.2 Å². The van der Waals surface area contributed by atoms with Gasteiger partial charge in [0.1, 0.15) is 0 Å². The van der Waals surface area contributed by atoms with Gasteiger partial charge in [-0.2, -0.15) is 0 Å². The Bertz CT molecular complexity index is 407. The molecule has 0 aliphatic carbocycles. The van der Waals surface area contributed by atoms with Crippen LogP contribution in [0.25, 0.3) is 0 Å². The monoisotopic (exact) mass is 261 g/mol. The fraction of sp³-hybridized carbons (Fsp3) is 0.625. The van der Waals surface area contributed by atoms with Crippen molar-refractivity contribution in [3.63, 3.8) is 0 Å². The van der Waals surface area contributed by atoms with Crippen LogP contribution >= 0.6 is 0 Å². The minimum absolute atomic E-state index is 0.0700. The summed E-state index contributed by atoms with van der Waals surface area (Å²) in [6.45, 7) is 7.13. The first-order valence-corrected chi connectivity index (χ1v) is 7.33. The summed E-state index contributed by atoms with van der Waals surface area (Å²) in [4.78, 5) is 2.55. The number of hydrogen-bond donors (Lipinski definition) is 0. The Morgan fingerprint density at radius 1 is 1.11 bits per heavy atom. The Labute approximate surface area is 115 Å². The molecule has 1 aromatic carbocycles. The van der Waals surface area contributed by atoms with Crippen molar-refractivity contribution in [2.45, 2.75) is 32.6 Å². The highest BCUT2D eigenvalue weighted by Crippen LogP contribution is 2.26. The molecule has 0 spiro atoms. The summed E-state index contributed by atoms with van der Waals surface area (Å²) >= 11 is 0. The van der Waals surface area contributed by atoms with Gasteiger partial charge in [-0.1, -0.05) is 24.3 Å². The van der Waals surface area contributed by atoms with Crippen LogP contribution in [0, 0.1) is 12.8 Å². The molecule has 2 saturated heterocycles. The lowest BCUT2D eigenvalue weighted by Gasteiger charge is -2.34. The molecule has 0 unspecified atom stereocenters. The predicted octanol–water partition coefficient (Wildman–Crippen LogP) is 2.58. The van der Waals surface area contributed by atoms with Gasteiger partial charge >= 0.3 is 0 Å². The highest BCUT2D eigenvalue weighted by molar-refractivity contribution is 5.25. The van der Waals surface area contributed by atoms with Gasteiger partial charge in [0.2, 0.25) is 0 Å². The summed E-state index contributed by atoms with van der Waals surface area (Å²) in [7, 11) is 0. The molecule has 2 fully saturated rings. The Morgan fingerprint density at radius 3 is 2.47 bits per heavy atom. The smallest absolute Gasteiger partial charge is 0.160 e. The van der Waals surface area contributed by atoms with Crippen molar-refractivity contribution in [1.29, 1.82) is 0 Å². The fourth-order valence-electron chi connectivity index (χ4n) is 3.06. The zero-order valence-electron chi connectivity index (χ0n) is 11.7. The van der Waals surface area contributed by atoms with Crippen LogP contribution < -0.4 is 0 Å². The lowest BCUT2D eigenvalue weighted by Crippen LogP contribution is -2.37. The molecular formula is C16H23NO2. The Hall–Kier alpha value is -0.900. The molecule has 104 valence electrons. The van der Waals surface area contributed by atoms with Gasteiger partial charge in [0, 0.05) is 12.5 Å². The van der Waals surface area contributed by atoms with Crippen molar-refractivity contribution >= 4 is 0 Å². The van der Waals surface area contributed by atoms with E-state index < -0.39 is 0 Å². The molecule has 0 amide bonds. The Balaban J connectivity index is 1.51. The number of nitrogens with zero attached hydrogens (tertiary/aromatic N) is 1. The molecule has 0 radical (unpaired) electrons. The van der Waals surface area contributed by atoms with Crippen LogP contribution in [0.2, 0.25) is 0 Å². The highest BCUT2D eigenvalue weighted by Gasteiger charge is 2.30. The molecule has 0 bridgehead atoms. The van der Waals surface area contributed by atoms with Crippen LogP contribution in [0.15, 0.2) is 24.3 Å². The van der Waals surface area contributed by atoms with E-state index in [2.05, 4.69) is 36.1 Å². The van der Waals surface area contributed by atoms with Crippen molar-refractivity contribution < 1.29 is 9.47 Å². The van der Waals surface area contributed by atoms with E-state index in [4.69, 9.17) is 9.47 Å². The van der Waals surface area contributed by atoms with Gasteiger partial charge in [-0.15, -0.1) is 0 Å². The second kappa shape index (κ2) is 6.04. The molecule has 0 aromatic heterocycles. The minimum atomic E-state index is 0.0700. The van der Waals surface area contributed by atoms with E-state index in [-0.39, 0.29) is 6.29 Å². The van der Waals surface area contributed by atoms with E-state index in [0.717, 1.165) is 32.8 Å². The summed E-state index contributed by atoms with van der Waals surface area (Å²) in [6.07, 6.45) is 2.45. The third-order valence-electron chi connectivity index (χ3n) is 4.32. The summed E-state index contributed by atoms with van der Waals surface area (Å²) in [6, 6.07) is 8.68. The molecule has 3 rings (SSSR count). The molecule has 1 aromatic rings. The van der Waals surface area contributed by atoms with Crippen LogP contribution in [0.3, 0.4) is 0 Å². The van der Waals surface area contributed by atoms with Gasteiger partial charge in [-0.05, 0) is 44.0 Å². The molecule has 3 nitrogen and oxygen atoms in total. The van der Waals surface area contributed by atoms with Crippen LogP contribution in [-0.4, -0.2) is 37.5 Å². The van der Waals surface area contributed by atoms with Crippen LogP contribution in [0.1, 0.15) is 24.0 Å². The van der Waals surface area contributed by atoms with E-state index in [1.54, 1.807) is 0 Å². The summed E-state index contributed by atoms with van der Waals surface area (Å²) in [5.74, 6) is 0.593.